The Morgan fingerprint density at radius 3 is 2.60 bits per heavy atom. The van der Waals surface area contributed by atoms with Crippen LogP contribution in [0.4, 0.5) is 0 Å². The van der Waals surface area contributed by atoms with Crippen LogP contribution >= 0.6 is 0 Å². The number of aliphatic hydroxyl groups is 1. The third-order valence-electron chi connectivity index (χ3n) is 3.34. The van der Waals surface area contributed by atoms with Crippen molar-refractivity contribution in [1.82, 2.24) is 5.32 Å². The number of aliphatic hydroxyl groups excluding tert-OH is 1. The van der Waals surface area contributed by atoms with E-state index in [9.17, 15) is 5.11 Å². The van der Waals surface area contributed by atoms with E-state index in [-0.39, 0.29) is 12.0 Å². The van der Waals surface area contributed by atoms with Crippen molar-refractivity contribution in [3.05, 3.63) is 12.7 Å². The van der Waals surface area contributed by atoms with E-state index in [1.807, 2.05) is 6.08 Å². The fourth-order valence-corrected chi connectivity index (χ4v) is 1.69. The molecule has 2 N–H and O–H groups in total. The topological polar surface area (TPSA) is 41.5 Å². The Labute approximate surface area is 92.5 Å². The second-order valence-corrected chi connectivity index (χ2v) is 4.82. The highest BCUT2D eigenvalue weighted by Gasteiger charge is 2.38. The van der Waals surface area contributed by atoms with Gasteiger partial charge in [-0.2, -0.15) is 0 Å². The summed E-state index contributed by atoms with van der Waals surface area (Å²) in [6.07, 6.45) is 2.98. The van der Waals surface area contributed by atoms with E-state index in [0.29, 0.717) is 25.2 Å². The molecule has 88 valence electrons. The molecule has 3 nitrogen and oxygen atoms in total. The van der Waals surface area contributed by atoms with Gasteiger partial charge >= 0.3 is 0 Å². The average molecular weight is 213 g/mol. The SMILES string of the molecule is C=CCC(C)C(C)NCC1(CO)COC1. The molecule has 2 atom stereocenters. The minimum atomic E-state index is -0.0256. The summed E-state index contributed by atoms with van der Waals surface area (Å²) in [7, 11) is 0. The largest absolute Gasteiger partial charge is 0.396 e. The van der Waals surface area contributed by atoms with E-state index >= 15 is 0 Å². The van der Waals surface area contributed by atoms with E-state index in [2.05, 4.69) is 25.7 Å². The van der Waals surface area contributed by atoms with Gasteiger partial charge in [0.15, 0.2) is 0 Å². The number of ether oxygens (including phenoxy) is 1. The third kappa shape index (κ3) is 3.30. The molecule has 1 aliphatic rings. The number of nitrogens with one attached hydrogen (secondary N) is 1. The lowest BCUT2D eigenvalue weighted by molar-refractivity contribution is -0.135. The maximum absolute atomic E-state index is 9.26. The maximum Gasteiger partial charge on any atom is 0.0579 e. The minimum Gasteiger partial charge on any atom is -0.396 e. The van der Waals surface area contributed by atoms with Crippen LogP contribution < -0.4 is 5.32 Å². The molecule has 1 rings (SSSR count). The zero-order valence-electron chi connectivity index (χ0n) is 9.83. The Hall–Kier alpha value is -0.380. The highest BCUT2D eigenvalue weighted by Crippen LogP contribution is 2.26. The summed E-state index contributed by atoms with van der Waals surface area (Å²) in [6.45, 7) is 10.5. The van der Waals surface area contributed by atoms with Crippen molar-refractivity contribution in [2.24, 2.45) is 11.3 Å². The van der Waals surface area contributed by atoms with Gasteiger partial charge in [-0.05, 0) is 19.3 Å². The summed E-state index contributed by atoms with van der Waals surface area (Å²) in [5.74, 6) is 0.583. The van der Waals surface area contributed by atoms with Crippen LogP contribution in [0.5, 0.6) is 0 Å². The van der Waals surface area contributed by atoms with Gasteiger partial charge < -0.3 is 15.2 Å². The Morgan fingerprint density at radius 1 is 1.53 bits per heavy atom. The molecule has 1 saturated heterocycles. The van der Waals surface area contributed by atoms with Crippen LogP contribution in [0.3, 0.4) is 0 Å². The molecular formula is C12H23NO2. The molecule has 1 heterocycles. The molecule has 0 spiro atoms. The predicted molar refractivity (Wildman–Crippen MR) is 61.8 cm³/mol. The van der Waals surface area contributed by atoms with Crippen molar-refractivity contribution >= 4 is 0 Å². The van der Waals surface area contributed by atoms with Crippen LogP contribution in [0.25, 0.3) is 0 Å². The van der Waals surface area contributed by atoms with E-state index in [1.165, 1.54) is 0 Å². The summed E-state index contributed by atoms with van der Waals surface area (Å²) >= 11 is 0. The van der Waals surface area contributed by atoms with Crippen LogP contribution in [0.2, 0.25) is 0 Å². The van der Waals surface area contributed by atoms with Crippen molar-refractivity contribution < 1.29 is 9.84 Å². The lowest BCUT2D eigenvalue weighted by atomic mass is 9.86. The van der Waals surface area contributed by atoms with Gasteiger partial charge in [0.05, 0.1) is 25.2 Å². The molecule has 0 aromatic heterocycles. The molecule has 1 aliphatic heterocycles. The number of hydrogen-bond donors (Lipinski definition) is 2. The van der Waals surface area contributed by atoms with Crippen molar-refractivity contribution in [3.8, 4) is 0 Å². The van der Waals surface area contributed by atoms with Gasteiger partial charge in [-0.25, -0.2) is 0 Å². The van der Waals surface area contributed by atoms with Gasteiger partial charge in [0.1, 0.15) is 0 Å². The molecule has 0 bridgehead atoms. The molecule has 15 heavy (non-hydrogen) atoms. The van der Waals surface area contributed by atoms with Crippen molar-refractivity contribution in [2.75, 3.05) is 26.4 Å². The van der Waals surface area contributed by atoms with Crippen LogP contribution in [-0.4, -0.2) is 37.5 Å². The summed E-state index contributed by atoms with van der Waals surface area (Å²) in [6, 6.07) is 0.451. The lowest BCUT2D eigenvalue weighted by Gasteiger charge is -2.41. The molecule has 0 aromatic rings. The first-order valence-corrected chi connectivity index (χ1v) is 5.66. The van der Waals surface area contributed by atoms with Crippen molar-refractivity contribution in [3.63, 3.8) is 0 Å². The molecular weight excluding hydrogens is 190 g/mol. The fraction of sp³-hybridized carbons (Fsp3) is 0.833. The maximum atomic E-state index is 9.26. The first-order chi connectivity index (χ1) is 7.13. The highest BCUT2D eigenvalue weighted by molar-refractivity contribution is 4.88. The quantitative estimate of drug-likeness (QED) is 0.624. The highest BCUT2D eigenvalue weighted by atomic mass is 16.5. The zero-order valence-corrected chi connectivity index (χ0v) is 9.83. The van der Waals surface area contributed by atoms with Crippen molar-refractivity contribution in [1.29, 1.82) is 0 Å². The summed E-state index contributed by atoms with van der Waals surface area (Å²) in [5.41, 5.74) is -0.0256. The van der Waals surface area contributed by atoms with Crippen LogP contribution in [0, 0.1) is 11.3 Å². The second kappa shape index (κ2) is 5.64. The molecule has 0 radical (unpaired) electrons. The number of allylic oxidation sites excluding steroid dienone is 1. The molecule has 0 saturated carbocycles. The third-order valence-corrected chi connectivity index (χ3v) is 3.34. The van der Waals surface area contributed by atoms with Gasteiger partial charge in [-0.3, -0.25) is 0 Å². The summed E-state index contributed by atoms with van der Waals surface area (Å²) in [4.78, 5) is 0. The molecule has 0 aromatic carbocycles. The zero-order chi connectivity index (χ0) is 11.3. The monoisotopic (exact) mass is 213 g/mol. The van der Waals surface area contributed by atoms with Crippen LogP contribution in [0.15, 0.2) is 12.7 Å². The lowest BCUT2D eigenvalue weighted by Crippen LogP contribution is -2.54. The Balaban J connectivity index is 2.26. The molecule has 1 fully saturated rings. The summed E-state index contributed by atoms with van der Waals surface area (Å²) in [5, 5.41) is 12.7. The van der Waals surface area contributed by atoms with E-state index in [1.54, 1.807) is 0 Å². The van der Waals surface area contributed by atoms with Crippen LogP contribution in [0.1, 0.15) is 20.3 Å². The van der Waals surface area contributed by atoms with E-state index < -0.39 is 0 Å². The Bertz CT molecular complexity index is 196. The number of rotatable bonds is 7. The second-order valence-electron chi connectivity index (χ2n) is 4.82. The van der Waals surface area contributed by atoms with Gasteiger partial charge in [0, 0.05) is 12.6 Å². The van der Waals surface area contributed by atoms with Gasteiger partial charge in [-0.1, -0.05) is 13.0 Å². The molecule has 2 unspecified atom stereocenters. The first-order valence-electron chi connectivity index (χ1n) is 5.66. The normalized spacial score (nSPS) is 22.9. The minimum absolute atomic E-state index is 0.0256. The van der Waals surface area contributed by atoms with Crippen molar-refractivity contribution in [2.45, 2.75) is 26.3 Å². The van der Waals surface area contributed by atoms with Crippen LogP contribution in [-0.2, 0) is 4.74 Å². The standard InChI is InChI=1S/C12H23NO2/c1-4-5-10(2)11(3)13-6-12(7-14)8-15-9-12/h4,10-11,13-14H,1,5-9H2,2-3H3. The Morgan fingerprint density at radius 2 is 2.20 bits per heavy atom. The fourth-order valence-electron chi connectivity index (χ4n) is 1.69. The van der Waals surface area contributed by atoms with Gasteiger partial charge in [0.25, 0.3) is 0 Å². The Kier molecular flexibility index (Phi) is 4.77. The van der Waals surface area contributed by atoms with Gasteiger partial charge in [0.2, 0.25) is 0 Å². The smallest absolute Gasteiger partial charge is 0.0579 e. The van der Waals surface area contributed by atoms with E-state index in [0.717, 1.165) is 13.0 Å². The first kappa shape index (κ1) is 12.7. The molecule has 3 heteroatoms. The number of hydrogen-bond acceptors (Lipinski definition) is 3. The van der Waals surface area contributed by atoms with E-state index in [4.69, 9.17) is 4.74 Å². The predicted octanol–water partition coefficient (Wildman–Crippen LogP) is 1.19. The summed E-state index contributed by atoms with van der Waals surface area (Å²) < 4.78 is 5.15. The molecule has 0 aliphatic carbocycles. The van der Waals surface area contributed by atoms with Gasteiger partial charge in [-0.15, -0.1) is 6.58 Å². The average Bonchev–Trinajstić information content (AvgIpc) is 2.17. The molecule has 0 amide bonds.